The summed E-state index contributed by atoms with van der Waals surface area (Å²) in [5, 5.41) is 3.01. The van der Waals surface area contributed by atoms with Crippen molar-refractivity contribution in [3.05, 3.63) is 48.2 Å². The lowest BCUT2D eigenvalue weighted by molar-refractivity contribution is -0.0498. The van der Waals surface area contributed by atoms with Gasteiger partial charge >= 0.3 is 6.61 Å². The SMILES string of the molecule is NC(=S)c1ccnc(Nc2ccc(OC(F)F)cc2)c1. The maximum atomic E-state index is 12.0. The minimum atomic E-state index is -2.84. The van der Waals surface area contributed by atoms with Crippen molar-refractivity contribution >= 4 is 28.7 Å². The fourth-order valence-corrected chi connectivity index (χ4v) is 1.65. The zero-order valence-electron chi connectivity index (χ0n) is 10.2. The maximum absolute atomic E-state index is 12.0. The summed E-state index contributed by atoms with van der Waals surface area (Å²) in [6.07, 6.45) is 1.57. The molecule has 1 heterocycles. The summed E-state index contributed by atoms with van der Waals surface area (Å²) in [6, 6.07) is 9.48. The van der Waals surface area contributed by atoms with Crippen LogP contribution in [0.4, 0.5) is 20.3 Å². The Morgan fingerprint density at radius 1 is 1.25 bits per heavy atom. The van der Waals surface area contributed by atoms with Crippen LogP contribution >= 0.6 is 12.2 Å². The van der Waals surface area contributed by atoms with Gasteiger partial charge in [0.25, 0.3) is 0 Å². The Kier molecular flexibility index (Phi) is 4.41. The van der Waals surface area contributed by atoms with Crippen molar-refractivity contribution in [1.82, 2.24) is 4.98 Å². The third kappa shape index (κ3) is 3.86. The fourth-order valence-electron chi connectivity index (χ4n) is 1.52. The molecule has 1 aromatic heterocycles. The van der Waals surface area contributed by atoms with E-state index in [2.05, 4.69) is 15.0 Å². The first-order valence-corrected chi connectivity index (χ1v) is 6.03. The second-order valence-electron chi connectivity index (χ2n) is 3.82. The zero-order valence-corrected chi connectivity index (χ0v) is 11.0. The van der Waals surface area contributed by atoms with Crippen molar-refractivity contribution in [3.63, 3.8) is 0 Å². The van der Waals surface area contributed by atoms with Gasteiger partial charge in [0.2, 0.25) is 0 Å². The molecule has 2 rings (SSSR count). The maximum Gasteiger partial charge on any atom is 0.387 e. The Morgan fingerprint density at radius 2 is 1.95 bits per heavy atom. The lowest BCUT2D eigenvalue weighted by Crippen LogP contribution is -2.09. The molecule has 0 fully saturated rings. The minimum Gasteiger partial charge on any atom is -0.435 e. The van der Waals surface area contributed by atoms with Gasteiger partial charge in [-0.2, -0.15) is 8.78 Å². The van der Waals surface area contributed by atoms with Gasteiger partial charge in [-0.1, -0.05) is 12.2 Å². The van der Waals surface area contributed by atoms with Crippen molar-refractivity contribution in [2.24, 2.45) is 5.73 Å². The number of alkyl halides is 2. The lowest BCUT2D eigenvalue weighted by Gasteiger charge is -2.08. The van der Waals surface area contributed by atoms with Crippen LogP contribution in [-0.4, -0.2) is 16.6 Å². The number of halogens is 2. The highest BCUT2D eigenvalue weighted by molar-refractivity contribution is 7.80. The van der Waals surface area contributed by atoms with Crippen LogP contribution in [0.15, 0.2) is 42.6 Å². The standard InChI is InChI=1S/C13H11F2N3OS/c14-13(15)19-10-3-1-9(2-4-10)18-11-7-8(12(16)20)5-6-17-11/h1-7,13H,(H2,16,20)(H,17,18). The van der Waals surface area contributed by atoms with Crippen LogP contribution in [0.1, 0.15) is 5.56 Å². The number of anilines is 2. The number of hydrogen-bond donors (Lipinski definition) is 2. The summed E-state index contributed by atoms with van der Waals surface area (Å²) >= 11 is 4.88. The smallest absolute Gasteiger partial charge is 0.387 e. The first kappa shape index (κ1) is 14.1. The largest absolute Gasteiger partial charge is 0.435 e. The molecule has 0 unspecified atom stereocenters. The van der Waals surface area contributed by atoms with Gasteiger partial charge in [0.05, 0.1) is 0 Å². The molecular weight excluding hydrogens is 284 g/mol. The zero-order chi connectivity index (χ0) is 14.5. The van der Waals surface area contributed by atoms with E-state index in [9.17, 15) is 8.78 Å². The quantitative estimate of drug-likeness (QED) is 0.830. The van der Waals surface area contributed by atoms with Gasteiger partial charge in [-0.15, -0.1) is 0 Å². The monoisotopic (exact) mass is 295 g/mol. The van der Waals surface area contributed by atoms with E-state index in [1.54, 1.807) is 30.5 Å². The van der Waals surface area contributed by atoms with E-state index in [0.29, 0.717) is 17.1 Å². The van der Waals surface area contributed by atoms with Crippen molar-refractivity contribution in [2.45, 2.75) is 6.61 Å². The topological polar surface area (TPSA) is 60.2 Å². The number of nitrogens with zero attached hydrogens (tertiary/aromatic N) is 1. The molecule has 1 aromatic carbocycles. The summed E-state index contributed by atoms with van der Waals surface area (Å²) in [4.78, 5) is 4.38. The highest BCUT2D eigenvalue weighted by atomic mass is 32.1. The summed E-state index contributed by atoms with van der Waals surface area (Å²) in [5.74, 6) is 0.647. The Hall–Kier alpha value is -2.28. The summed E-state index contributed by atoms with van der Waals surface area (Å²) < 4.78 is 28.3. The van der Waals surface area contributed by atoms with Crippen LogP contribution in [0.5, 0.6) is 5.75 Å². The first-order valence-electron chi connectivity index (χ1n) is 5.62. The number of pyridine rings is 1. The van der Waals surface area contributed by atoms with Crippen molar-refractivity contribution in [3.8, 4) is 5.75 Å². The van der Waals surface area contributed by atoms with E-state index in [-0.39, 0.29) is 10.7 Å². The summed E-state index contributed by atoms with van der Waals surface area (Å²) in [6.45, 7) is -2.84. The predicted octanol–water partition coefficient (Wildman–Crippen LogP) is 3.06. The van der Waals surface area contributed by atoms with E-state index >= 15 is 0 Å². The molecule has 104 valence electrons. The molecular formula is C13H11F2N3OS. The number of benzene rings is 1. The molecule has 0 saturated heterocycles. The van der Waals surface area contributed by atoms with Crippen molar-refractivity contribution < 1.29 is 13.5 Å². The van der Waals surface area contributed by atoms with Gasteiger partial charge in [-0.05, 0) is 36.4 Å². The molecule has 0 spiro atoms. The third-order valence-electron chi connectivity index (χ3n) is 2.40. The van der Waals surface area contributed by atoms with Crippen LogP contribution in [0.25, 0.3) is 0 Å². The molecule has 0 atom stereocenters. The van der Waals surface area contributed by atoms with E-state index in [1.165, 1.54) is 12.1 Å². The minimum absolute atomic E-state index is 0.0930. The average Bonchev–Trinajstić information content (AvgIpc) is 2.41. The Bertz CT molecular complexity index is 605. The van der Waals surface area contributed by atoms with Crippen molar-refractivity contribution in [2.75, 3.05) is 5.32 Å². The fraction of sp³-hybridized carbons (Fsp3) is 0.0769. The molecule has 4 nitrogen and oxygen atoms in total. The van der Waals surface area contributed by atoms with E-state index in [4.69, 9.17) is 18.0 Å². The lowest BCUT2D eigenvalue weighted by atomic mass is 10.2. The average molecular weight is 295 g/mol. The van der Waals surface area contributed by atoms with Gasteiger partial charge in [-0.3, -0.25) is 0 Å². The Balaban J connectivity index is 2.10. The van der Waals surface area contributed by atoms with Gasteiger partial charge < -0.3 is 15.8 Å². The van der Waals surface area contributed by atoms with Gasteiger partial charge in [0.1, 0.15) is 16.6 Å². The molecule has 3 N–H and O–H groups in total. The molecule has 0 bridgehead atoms. The number of aromatic nitrogens is 1. The van der Waals surface area contributed by atoms with Gasteiger partial charge in [-0.25, -0.2) is 4.98 Å². The summed E-state index contributed by atoms with van der Waals surface area (Å²) in [5.41, 5.74) is 6.90. The van der Waals surface area contributed by atoms with E-state index in [1.807, 2.05) is 0 Å². The first-order chi connectivity index (χ1) is 9.54. The van der Waals surface area contributed by atoms with Crippen molar-refractivity contribution in [1.29, 1.82) is 0 Å². The number of nitrogens with two attached hydrogens (primary N) is 1. The molecule has 0 aliphatic heterocycles. The molecule has 0 aliphatic rings. The molecule has 20 heavy (non-hydrogen) atoms. The molecule has 7 heteroatoms. The van der Waals surface area contributed by atoms with Crippen LogP contribution in [-0.2, 0) is 0 Å². The highest BCUT2D eigenvalue weighted by Crippen LogP contribution is 2.20. The second kappa shape index (κ2) is 6.25. The van der Waals surface area contributed by atoms with E-state index in [0.717, 1.165) is 0 Å². The normalized spacial score (nSPS) is 10.3. The van der Waals surface area contributed by atoms with Crippen LogP contribution in [0.2, 0.25) is 0 Å². The molecule has 0 radical (unpaired) electrons. The highest BCUT2D eigenvalue weighted by Gasteiger charge is 2.04. The number of ether oxygens (including phenoxy) is 1. The molecule has 2 aromatic rings. The molecule has 0 amide bonds. The number of hydrogen-bond acceptors (Lipinski definition) is 4. The third-order valence-corrected chi connectivity index (χ3v) is 2.63. The van der Waals surface area contributed by atoms with Crippen LogP contribution in [0, 0.1) is 0 Å². The molecule has 0 saturated carbocycles. The Labute approximate surface area is 119 Å². The second-order valence-corrected chi connectivity index (χ2v) is 4.26. The summed E-state index contributed by atoms with van der Waals surface area (Å²) in [7, 11) is 0. The van der Waals surface area contributed by atoms with Gasteiger partial charge in [0, 0.05) is 17.4 Å². The van der Waals surface area contributed by atoms with Crippen LogP contribution in [0.3, 0.4) is 0 Å². The number of rotatable bonds is 5. The van der Waals surface area contributed by atoms with Gasteiger partial charge in [0.15, 0.2) is 0 Å². The Morgan fingerprint density at radius 3 is 2.55 bits per heavy atom. The number of thiocarbonyl (C=S) groups is 1. The predicted molar refractivity (Wildman–Crippen MR) is 76.5 cm³/mol. The van der Waals surface area contributed by atoms with Crippen LogP contribution < -0.4 is 15.8 Å². The van der Waals surface area contributed by atoms with E-state index < -0.39 is 6.61 Å². The molecule has 0 aliphatic carbocycles. The number of nitrogens with one attached hydrogen (secondary N) is 1.